The van der Waals surface area contributed by atoms with Crippen molar-refractivity contribution >= 4 is 22.7 Å². The van der Waals surface area contributed by atoms with Crippen LogP contribution in [-0.4, -0.2) is 34.4 Å². The highest BCUT2D eigenvalue weighted by atomic mass is 16.5. The quantitative estimate of drug-likeness (QED) is 0.492. The van der Waals surface area contributed by atoms with Gasteiger partial charge >= 0.3 is 0 Å². The van der Waals surface area contributed by atoms with E-state index in [1.54, 1.807) is 24.3 Å². The van der Waals surface area contributed by atoms with Crippen molar-refractivity contribution in [1.29, 1.82) is 0 Å². The number of hydrogen-bond acceptors (Lipinski definition) is 4. The first kappa shape index (κ1) is 18.6. The Morgan fingerprint density at radius 2 is 1.85 bits per heavy atom. The minimum atomic E-state index is -0.169. The zero-order valence-corrected chi connectivity index (χ0v) is 15.6. The van der Waals surface area contributed by atoms with Crippen LogP contribution in [0, 0.1) is 6.92 Å². The van der Waals surface area contributed by atoms with Gasteiger partial charge in [0, 0.05) is 18.7 Å². The number of aryl methyl sites for hydroxylation is 2. The van der Waals surface area contributed by atoms with Gasteiger partial charge in [0.05, 0.1) is 11.0 Å². The van der Waals surface area contributed by atoms with E-state index in [0.29, 0.717) is 17.9 Å². The Hall–Kier alpha value is -3.15. The first-order chi connectivity index (χ1) is 13.0. The zero-order chi connectivity index (χ0) is 19.2. The van der Waals surface area contributed by atoms with Crippen molar-refractivity contribution in [3.05, 3.63) is 59.9 Å². The summed E-state index contributed by atoms with van der Waals surface area (Å²) in [7, 11) is 0. The third-order valence-electron chi connectivity index (χ3n) is 4.36. The summed E-state index contributed by atoms with van der Waals surface area (Å²) in [6.45, 7) is 4.81. The topological polar surface area (TPSA) is 73.2 Å². The van der Waals surface area contributed by atoms with Gasteiger partial charge in [0.25, 0.3) is 5.91 Å². The molecule has 0 atom stereocenters. The molecule has 0 unspecified atom stereocenters. The molecule has 0 aliphatic heterocycles. The highest BCUT2D eigenvalue weighted by Gasteiger charge is 2.07. The average molecular weight is 365 g/mol. The number of ketones is 1. The molecule has 0 radical (unpaired) electrons. The van der Waals surface area contributed by atoms with E-state index >= 15 is 0 Å². The van der Waals surface area contributed by atoms with Gasteiger partial charge in [0.15, 0.2) is 12.4 Å². The van der Waals surface area contributed by atoms with Crippen LogP contribution < -0.4 is 10.1 Å². The van der Waals surface area contributed by atoms with Gasteiger partial charge in [0.1, 0.15) is 11.6 Å². The molecule has 1 aromatic heterocycles. The number of nitrogens with one attached hydrogen (secondary N) is 1. The lowest BCUT2D eigenvalue weighted by Crippen LogP contribution is -2.30. The second kappa shape index (κ2) is 8.49. The molecule has 0 saturated heterocycles. The molecule has 140 valence electrons. The van der Waals surface area contributed by atoms with Crippen molar-refractivity contribution < 1.29 is 14.3 Å². The number of amides is 1. The lowest BCUT2D eigenvalue weighted by atomic mass is 10.1. The van der Waals surface area contributed by atoms with Crippen molar-refractivity contribution in [3.8, 4) is 5.75 Å². The van der Waals surface area contributed by atoms with Gasteiger partial charge in [-0.05, 0) is 56.7 Å². The Kier molecular flexibility index (Phi) is 5.86. The molecule has 0 fully saturated rings. The molecule has 0 spiro atoms. The second-order valence-corrected chi connectivity index (χ2v) is 6.37. The molecule has 0 saturated carbocycles. The number of ether oxygens (including phenoxy) is 1. The Morgan fingerprint density at radius 3 is 2.59 bits per heavy atom. The smallest absolute Gasteiger partial charge is 0.257 e. The number of carbonyl (C=O) groups excluding carboxylic acids is 2. The molecule has 0 aliphatic carbocycles. The van der Waals surface area contributed by atoms with Gasteiger partial charge in [-0.3, -0.25) is 9.59 Å². The van der Waals surface area contributed by atoms with Gasteiger partial charge in [-0.25, -0.2) is 4.98 Å². The minimum Gasteiger partial charge on any atom is -0.484 e. The van der Waals surface area contributed by atoms with Crippen LogP contribution in [0.4, 0.5) is 0 Å². The number of carbonyl (C=O) groups is 2. The van der Waals surface area contributed by atoms with E-state index in [-0.39, 0.29) is 18.3 Å². The Bertz CT molecular complexity index is 945. The lowest BCUT2D eigenvalue weighted by molar-refractivity contribution is -0.123. The predicted molar refractivity (Wildman–Crippen MR) is 104 cm³/mol. The van der Waals surface area contributed by atoms with E-state index in [1.165, 1.54) is 6.92 Å². The van der Waals surface area contributed by atoms with Gasteiger partial charge in [-0.1, -0.05) is 12.1 Å². The number of para-hydroxylation sites is 2. The van der Waals surface area contributed by atoms with Crippen molar-refractivity contribution in [3.63, 3.8) is 0 Å². The summed E-state index contributed by atoms with van der Waals surface area (Å²) in [5.41, 5.74) is 2.72. The normalized spacial score (nSPS) is 10.7. The van der Waals surface area contributed by atoms with Crippen LogP contribution in [-0.2, 0) is 11.3 Å². The lowest BCUT2D eigenvalue weighted by Gasteiger charge is -2.09. The van der Waals surface area contributed by atoms with Crippen LogP contribution in [0.3, 0.4) is 0 Å². The number of hydrogen-bond donors (Lipinski definition) is 1. The molecule has 1 N–H and O–H groups in total. The van der Waals surface area contributed by atoms with Gasteiger partial charge < -0.3 is 14.6 Å². The van der Waals surface area contributed by atoms with Crippen LogP contribution >= 0.6 is 0 Å². The van der Waals surface area contributed by atoms with E-state index in [1.807, 2.05) is 25.1 Å². The molecule has 0 bridgehead atoms. The number of rotatable bonds is 8. The fourth-order valence-corrected chi connectivity index (χ4v) is 2.93. The monoisotopic (exact) mass is 365 g/mol. The molecular weight excluding hydrogens is 342 g/mol. The maximum atomic E-state index is 11.9. The van der Waals surface area contributed by atoms with E-state index in [0.717, 1.165) is 29.8 Å². The van der Waals surface area contributed by atoms with Crippen molar-refractivity contribution in [2.24, 2.45) is 0 Å². The number of nitrogens with zero attached hydrogens (tertiary/aromatic N) is 2. The summed E-state index contributed by atoms with van der Waals surface area (Å²) < 4.78 is 7.60. The summed E-state index contributed by atoms with van der Waals surface area (Å²) in [5.74, 6) is 1.37. The Balaban J connectivity index is 1.42. The van der Waals surface area contributed by atoms with E-state index in [4.69, 9.17) is 4.74 Å². The van der Waals surface area contributed by atoms with Gasteiger partial charge in [0.2, 0.25) is 0 Å². The van der Waals surface area contributed by atoms with E-state index in [2.05, 4.69) is 20.9 Å². The third kappa shape index (κ3) is 4.73. The van der Waals surface area contributed by atoms with Crippen molar-refractivity contribution in [1.82, 2.24) is 14.9 Å². The van der Waals surface area contributed by atoms with Crippen LogP contribution in [0.5, 0.6) is 5.75 Å². The molecule has 3 rings (SSSR count). The Labute approximate surface area is 158 Å². The summed E-state index contributed by atoms with van der Waals surface area (Å²) in [5, 5.41) is 2.86. The second-order valence-electron chi connectivity index (χ2n) is 6.37. The van der Waals surface area contributed by atoms with Crippen LogP contribution in [0.25, 0.3) is 11.0 Å². The standard InChI is InChI=1S/C21H23N3O3/c1-15(25)17-8-10-18(11-9-17)27-14-21(26)22-12-5-13-24-16(2)23-19-6-3-4-7-20(19)24/h3-4,6-11H,5,12-14H2,1-2H3,(H,22,26). The summed E-state index contributed by atoms with van der Waals surface area (Å²) in [6.07, 6.45) is 0.806. The zero-order valence-electron chi connectivity index (χ0n) is 15.6. The first-order valence-electron chi connectivity index (χ1n) is 8.97. The largest absolute Gasteiger partial charge is 0.484 e. The maximum absolute atomic E-state index is 11.9. The Morgan fingerprint density at radius 1 is 1.11 bits per heavy atom. The highest BCUT2D eigenvalue weighted by Crippen LogP contribution is 2.15. The summed E-state index contributed by atoms with van der Waals surface area (Å²) >= 11 is 0. The van der Waals surface area contributed by atoms with Crippen molar-refractivity contribution in [2.75, 3.05) is 13.2 Å². The van der Waals surface area contributed by atoms with E-state index in [9.17, 15) is 9.59 Å². The number of benzene rings is 2. The molecule has 3 aromatic rings. The fraction of sp³-hybridized carbons (Fsp3) is 0.286. The molecule has 6 heteroatoms. The summed E-state index contributed by atoms with van der Waals surface area (Å²) in [4.78, 5) is 27.7. The summed E-state index contributed by atoms with van der Waals surface area (Å²) in [6, 6.07) is 14.8. The van der Waals surface area contributed by atoms with E-state index < -0.39 is 0 Å². The number of Topliss-reactive ketones (excluding diaryl/α,β-unsaturated/α-hetero) is 1. The third-order valence-corrected chi connectivity index (χ3v) is 4.36. The fourth-order valence-electron chi connectivity index (χ4n) is 2.93. The number of aromatic nitrogens is 2. The van der Waals surface area contributed by atoms with Gasteiger partial charge in [-0.2, -0.15) is 0 Å². The van der Waals surface area contributed by atoms with Gasteiger partial charge in [-0.15, -0.1) is 0 Å². The van der Waals surface area contributed by atoms with Crippen molar-refractivity contribution in [2.45, 2.75) is 26.8 Å². The SMILES string of the molecule is CC(=O)c1ccc(OCC(=O)NCCCn2c(C)nc3ccccc32)cc1. The van der Waals surface area contributed by atoms with Crippen LogP contribution in [0.2, 0.25) is 0 Å². The van der Waals surface area contributed by atoms with Crippen LogP contribution in [0.15, 0.2) is 48.5 Å². The number of imidazole rings is 1. The highest BCUT2D eigenvalue weighted by molar-refractivity contribution is 5.94. The minimum absolute atomic E-state index is 0.000186. The molecule has 6 nitrogen and oxygen atoms in total. The molecule has 1 amide bonds. The predicted octanol–water partition coefficient (Wildman–Crippen LogP) is 3.13. The first-order valence-corrected chi connectivity index (χ1v) is 8.97. The number of fused-ring (bicyclic) bond motifs is 1. The maximum Gasteiger partial charge on any atom is 0.257 e. The average Bonchev–Trinajstić information content (AvgIpc) is 2.99. The molecular formula is C21H23N3O3. The molecule has 0 aliphatic rings. The van der Waals surface area contributed by atoms with Crippen LogP contribution in [0.1, 0.15) is 29.5 Å². The molecule has 27 heavy (non-hydrogen) atoms. The molecule has 2 aromatic carbocycles. The molecule has 1 heterocycles.